The fraction of sp³-hybridized carbons (Fsp3) is 0.500. The Hall–Kier alpha value is -0.0100. The zero-order valence-corrected chi connectivity index (χ0v) is 12.1. The quantitative estimate of drug-likeness (QED) is 0.767. The first kappa shape index (κ1) is 14.1. The van der Waals surface area contributed by atoms with Crippen LogP contribution in [-0.4, -0.2) is 36.9 Å². The molecular formula is C10H14Br2N2O2. The van der Waals surface area contributed by atoms with Crippen molar-refractivity contribution >= 4 is 31.9 Å². The predicted octanol–water partition coefficient (Wildman–Crippen LogP) is 1.88. The number of hydrogen-bond acceptors (Lipinski definition) is 4. The SMILES string of the molecule is COCCNCC(O)c1ncc(Br)cc1Br. The summed E-state index contributed by atoms with van der Waals surface area (Å²) >= 11 is 6.68. The Balaban J connectivity index is 2.49. The monoisotopic (exact) mass is 352 g/mol. The van der Waals surface area contributed by atoms with Gasteiger partial charge in [0.2, 0.25) is 0 Å². The highest BCUT2D eigenvalue weighted by Gasteiger charge is 2.12. The summed E-state index contributed by atoms with van der Waals surface area (Å²) in [6.45, 7) is 1.79. The number of halogens is 2. The van der Waals surface area contributed by atoms with Crippen LogP contribution in [0, 0.1) is 0 Å². The minimum atomic E-state index is -0.626. The van der Waals surface area contributed by atoms with Crippen LogP contribution in [0.15, 0.2) is 21.2 Å². The van der Waals surface area contributed by atoms with Gasteiger partial charge in [0, 0.05) is 35.3 Å². The van der Waals surface area contributed by atoms with Gasteiger partial charge in [-0.1, -0.05) is 0 Å². The molecule has 6 heteroatoms. The number of nitrogens with zero attached hydrogens (tertiary/aromatic N) is 1. The Morgan fingerprint density at radius 3 is 2.94 bits per heavy atom. The van der Waals surface area contributed by atoms with E-state index in [2.05, 4.69) is 42.2 Å². The second-order valence-corrected chi connectivity index (χ2v) is 5.00. The highest BCUT2D eigenvalue weighted by molar-refractivity contribution is 9.11. The lowest BCUT2D eigenvalue weighted by atomic mass is 10.2. The fourth-order valence-electron chi connectivity index (χ4n) is 1.18. The van der Waals surface area contributed by atoms with Crippen molar-refractivity contribution in [1.82, 2.24) is 10.3 Å². The fourth-order valence-corrected chi connectivity index (χ4v) is 2.43. The molecule has 1 unspecified atom stereocenters. The summed E-state index contributed by atoms with van der Waals surface area (Å²) in [6, 6.07) is 1.86. The molecule has 0 aliphatic carbocycles. The highest BCUT2D eigenvalue weighted by atomic mass is 79.9. The lowest BCUT2D eigenvalue weighted by Crippen LogP contribution is -2.25. The van der Waals surface area contributed by atoms with Gasteiger partial charge in [-0.3, -0.25) is 4.98 Å². The molecule has 0 radical (unpaired) electrons. The van der Waals surface area contributed by atoms with E-state index in [9.17, 15) is 5.11 Å². The largest absolute Gasteiger partial charge is 0.385 e. The van der Waals surface area contributed by atoms with Crippen molar-refractivity contribution in [3.8, 4) is 0 Å². The van der Waals surface area contributed by atoms with Crippen LogP contribution >= 0.6 is 31.9 Å². The van der Waals surface area contributed by atoms with Gasteiger partial charge in [-0.2, -0.15) is 0 Å². The minimum Gasteiger partial charge on any atom is -0.385 e. The Morgan fingerprint density at radius 2 is 2.31 bits per heavy atom. The molecule has 1 aromatic heterocycles. The standard InChI is InChI=1S/C10H14Br2N2O2/c1-16-3-2-13-6-9(15)10-8(12)4-7(11)5-14-10/h4-5,9,13,15H,2-3,6H2,1H3. The Morgan fingerprint density at radius 1 is 1.56 bits per heavy atom. The molecule has 0 aliphatic heterocycles. The second-order valence-electron chi connectivity index (χ2n) is 3.23. The number of pyridine rings is 1. The summed E-state index contributed by atoms with van der Waals surface area (Å²) in [5.41, 5.74) is 0.633. The average molecular weight is 354 g/mol. The van der Waals surface area contributed by atoms with E-state index in [-0.39, 0.29) is 0 Å². The van der Waals surface area contributed by atoms with Gasteiger partial charge in [-0.05, 0) is 37.9 Å². The second kappa shape index (κ2) is 7.34. The molecule has 0 aliphatic rings. The van der Waals surface area contributed by atoms with E-state index < -0.39 is 6.10 Å². The summed E-state index contributed by atoms with van der Waals surface area (Å²) in [5, 5.41) is 13.0. The molecule has 0 fully saturated rings. The molecule has 1 atom stereocenters. The number of rotatable bonds is 6. The smallest absolute Gasteiger partial charge is 0.109 e. The third kappa shape index (κ3) is 4.47. The first-order valence-corrected chi connectivity index (χ1v) is 6.42. The van der Waals surface area contributed by atoms with Gasteiger partial charge < -0.3 is 15.2 Å². The molecule has 4 nitrogen and oxygen atoms in total. The Bertz CT molecular complexity index is 337. The van der Waals surface area contributed by atoms with Gasteiger partial charge in [0.25, 0.3) is 0 Å². The molecule has 0 bridgehead atoms. The molecule has 1 aromatic rings. The predicted molar refractivity (Wildman–Crippen MR) is 69.3 cm³/mol. The van der Waals surface area contributed by atoms with Crippen LogP contribution in [0.1, 0.15) is 11.8 Å². The van der Waals surface area contributed by atoms with Crippen LogP contribution in [-0.2, 0) is 4.74 Å². The maximum absolute atomic E-state index is 9.88. The van der Waals surface area contributed by atoms with Gasteiger partial charge in [-0.15, -0.1) is 0 Å². The Labute approximate surface area is 112 Å². The minimum absolute atomic E-state index is 0.455. The van der Waals surface area contributed by atoms with Crippen molar-refractivity contribution < 1.29 is 9.84 Å². The zero-order chi connectivity index (χ0) is 12.0. The number of hydrogen-bond donors (Lipinski definition) is 2. The topological polar surface area (TPSA) is 54.4 Å². The van der Waals surface area contributed by atoms with Crippen LogP contribution in [0.25, 0.3) is 0 Å². The first-order chi connectivity index (χ1) is 7.65. The molecule has 0 spiro atoms. The molecule has 0 saturated heterocycles. The van der Waals surface area contributed by atoms with Crippen LogP contribution in [0.3, 0.4) is 0 Å². The van der Waals surface area contributed by atoms with E-state index >= 15 is 0 Å². The Kier molecular flexibility index (Phi) is 6.45. The number of aliphatic hydroxyl groups is 1. The highest BCUT2D eigenvalue weighted by Crippen LogP contribution is 2.24. The molecule has 90 valence electrons. The maximum atomic E-state index is 9.88. The summed E-state index contributed by atoms with van der Waals surface area (Å²) in [6.07, 6.45) is 1.04. The lowest BCUT2D eigenvalue weighted by molar-refractivity contribution is 0.157. The summed E-state index contributed by atoms with van der Waals surface area (Å²) in [7, 11) is 1.64. The van der Waals surface area contributed by atoms with E-state index in [0.29, 0.717) is 25.4 Å². The summed E-state index contributed by atoms with van der Waals surface area (Å²) in [5.74, 6) is 0. The number of nitrogens with one attached hydrogen (secondary N) is 1. The van der Waals surface area contributed by atoms with Crippen LogP contribution in [0.2, 0.25) is 0 Å². The van der Waals surface area contributed by atoms with E-state index in [1.165, 1.54) is 0 Å². The van der Waals surface area contributed by atoms with Gasteiger partial charge >= 0.3 is 0 Å². The normalized spacial score (nSPS) is 12.8. The molecule has 1 rings (SSSR count). The number of aromatic nitrogens is 1. The molecule has 0 amide bonds. The van der Waals surface area contributed by atoms with Crippen molar-refractivity contribution in [3.63, 3.8) is 0 Å². The molecule has 2 N–H and O–H groups in total. The molecule has 0 saturated carbocycles. The maximum Gasteiger partial charge on any atom is 0.109 e. The summed E-state index contributed by atoms with van der Waals surface area (Å²) in [4.78, 5) is 4.16. The van der Waals surface area contributed by atoms with Crippen molar-refractivity contribution in [2.24, 2.45) is 0 Å². The zero-order valence-electron chi connectivity index (χ0n) is 8.91. The van der Waals surface area contributed by atoms with Crippen molar-refractivity contribution in [2.75, 3.05) is 26.8 Å². The van der Waals surface area contributed by atoms with Crippen LogP contribution in [0.5, 0.6) is 0 Å². The van der Waals surface area contributed by atoms with Gasteiger partial charge in [0.1, 0.15) is 6.10 Å². The number of methoxy groups -OCH3 is 1. The lowest BCUT2D eigenvalue weighted by Gasteiger charge is -2.12. The molecule has 0 aromatic carbocycles. The van der Waals surface area contributed by atoms with E-state index in [4.69, 9.17) is 4.74 Å². The van der Waals surface area contributed by atoms with Gasteiger partial charge in [-0.25, -0.2) is 0 Å². The third-order valence-electron chi connectivity index (χ3n) is 1.97. The number of aliphatic hydroxyl groups excluding tert-OH is 1. The van der Waals surface area contributed by atoms with Crippen molar-refractivity contribution in [2.45, 2.75) is 6.10 Å². The first-order valence-electron chi connectivity index (χ1n) is 4.83. The molecule has 16 heavy (non-hydrogen) atoms. The van der Waals surface area contributed by atoms with Crippen molar-refractivity contribution in [1.29, 1.82) is 0 Å². The summed E-state index contributed by atoms with van der Waals surface area (Å²) < 4.78 is 6.57. The van der Waals surface area contributed by atoms with Crippen LogP contribution in [0.4, 0.5) is 0 Å². The average Bonchev–Trinajstić information content (AvgIpc) is 2.24. The molecule has 1 heterocycles. The van der Waals surface area contributed by atoms with Crippen molar-refractivity contribution in [3.05, 3.63) is 26.9 Å². The number of ether oxygens (including phenoxy) is 1. The van der Waals surface area contributed by atoms with E-state index in [0.717, 1.165) is 8.95 Å². The van der Waals surface area contributed by atoms with Gasteiger partial charge in [0.05, 0.1) is 12.3 Å². The van der Waals surface area contributed by atoms with E-state index in [1.54, 1.807) is 13.3 Å². The van der Waals surface area contributed by atoms with Gasteiger partial charge in [0.15, 0.2) is 0 Å². The van der Waals surface area contributed by atoms with Crippen LogP contribution < -0.4 is 5.32 Å². The third-order valence-corrected chi connectivity index (χ3v) is 3.04. The van der Waals surface area contributed by atoms with E-state index in [1.807, 2.05) is 6.07 Å². The molecular weight excluding hydrogens is 340 g/mol.